The molecule has 0 atom stereocenters. The Morgan fingerprint density at radius 2 is 2.05 bits per heavy atom. The van der Waals surface area contributed by atoms with Crippen LogP contribution in [0.25, 0.3) is 11.0 Å². The number of carbonyl (C=O) groups is 1. The largest absolute Gasteiger partial charge is 0.478 e. The van der Waals surface area contributed by atoms with Gasteiger partial charge in [0.15, 0.2) is 0 Å². The zero-order chi connectivity index (χ0) is 15.0. The molecule has 21 heavy (non-hydrogen) atoms. The molecule has 1 aromatic heterocycles. The smallest absolute Gasteiger partial charge is 0.338 e. The quantitative estimate of drug-likeness (QED) is 0.804. The second-order valence-corrected chi connectivity index (χ2v) is 4.46. The number of rotatable bonds is 3. The van der Waals surface area contributed by atoms with E-state index in [2.05, 4.69) is 10.3 Å². The number of aromatic nitrogens is 3. The molecule has 3 rings (SSSR count). The maximum Gasteiger partial charge on any atom is 0.338 e. The van der Waals surface area contributed by atoms with Crippen molar-refractivity contribution in [1.29, 1.82) is 0 Å². The molecule has 0 unspecified atom stereocenters. The highest BCUT2D eigenvalue weighted by Gasteiger charge is 2.14. The van der Waals surface area contributed by atoms with Crippen LogP contribution < -0.4 is 0 Å². The summed E-state index contributed by atoms with van der Waals surface area (Å²) in [5.41, 5.74) is 0.779. The molecule has 2 aromatic carbocycles. The van der Waals surface area contributed by atoms with Crippen molar-refractivity contribution in [2.24, 2.45) is 0 Å². The fourth-order valence-electron chi connectivity index (χ4n) is 2.11. The predicted molar refractivity (Wildman–Crippen MR) is 69.9 cm³/mol. The van der Waals surface area contributed by atoms with Crippen LogP contribution in [0.15, 0.2) is 36.4 Å². The number of halogens is 2. The van der Waals surface area contributed by atoms with Crippen LogP contribution in [0.4, 0.5) is 8.78 Å². The van der Waals surface area contributed by atoms with Gasteiger partial charge in [0.25, 0.3) is 0 Å². The van der Waals surface area contributed by atoms with E-state index in [9.17, 15) is 13.6 Å². The monoisotopic (exact) mass is 289 g/mol. The Morgan fingerprint density at radius 1 is 1.24 bits per heavy atom. The van der Waals surface area contributed by atoms with Crippen molar-refractivity contribution >= 4 is 17.0 Å². The van der Waals surface area contributed by atoms with Gasteiger partial charge in [0.05, 0.1) is 17.6 Å². The minimum Gasteiger partial charge on any atom is -0.478 e. The van der Waals surface area contributed by atoms with Crippen LogP contribution in [0.3, 0.4) is 0 Å². The van der Waals surface area contributed by atoms with Crippen LogP contribution in [0.2, 0.25) is 0 Å². The third-order valence-corrected chi connectivity index (χ3v) is 3.10. The molecular formula is C14H9F2N3O2. The Morgan fingerprint density at radius 3 is 2.81 bits per heavy atom. The Balaban J connectivity index is 2.08. The highest BCUT2D eigenvalue weighted by atomic mass is 19.1. The molecule has 5 nitrogen and oxygen atoms in total. The van der Waals surface area contributed by atoms with Gasteiger partial charge in [0.2, 0.25) is 0 Å². The number of hydrogen-bond donors (Lipinski definition) is 1. The van der Waals surface area contributed by atoms with Gasteiger partial charge in [-0.15, -0.1) is 5.10 Å². The summed E-state index contributed by atoms with van der Waals surface area (Å²) in [7, 11) is 0. The molecule has 0 aliphatic heterocycles. The van der Waals surface area contributed by atoms with Crippen molar-refractivity contribution in [2.45, 2.75) is 6.54 Å². The summed E-state index contributed by atoms with van der Waals surface area (Å²) in [5.74, 6) is -2.24. The van der Waals surface area contributed by atoms with Gasteiger partial charge >= 0.3 is 5.97 Å². The lowest BCUT2D eigenvalue weighted by Gasteiger charge is -2.04. The number of hydrogen-bond acceptors (Lipinski definition) is 3. The summed E-state index contributed by atoms with van der Waals surface area (Å²) in [6.45, 7) is -0.0385. The molecule has 1 N–H and O–H groups in total. The van der Waals surface area contributed by atoms with Crippen molar-refractivity contribution < 1.29 is 18.7 Å². The lowest BCUT2D eigenvalue weighted by molar-refractivity contribution is 0.0699. The number of carboxylic acid groups (broad SMARTS) is 1. The molecule has 0 fully saturated rings. The predicted octanol–water partition coefficient (Wildman–Crippen LogP) is 2.46. The van der Waals surface area contributed by atoms with Gasteiger partial charge in [-0.25, -0.2) is 18.3 Å². The van der Waals surface area contributed by atoms with Crippen LogP contribution in [0.1, 0.15) is 15.9 Å². The minimum atomic E-state index is -1.12. The van der Waals surface area contributed by atoms with Gasteiger partial charge < -0.3 is 5.11 Å². The number of aromatic carboxylic acids is 1. The van der Waals surface area contributed by atoms with Crippen LogP contribution in [-0.4, -0.2) is 26.1 Å². The summed E-state index contributed by atoms with van der Waals surface area (Å²) in [6.07, 6.45) is 0. The molecule has 1 heterocycles. The molecule has 0 aliphatic carbocycles. The lowest BCUT2D eigenvalue weighted by Crippen LogP contribution is -2.04. The Bertz CT molecular complexity index is 845. The highest BCUT2D eigenvalue weighted by Crippen LogP contribution is 2.18. The third-order valence-electron chi connectivity index (χ3n) is 3.10. The van der Waals surface area contributed by atoms with E-state index in [1.54, 1.807) is 12.1 Å². The van der Waals surface area contributed by atoms with Crippen molar-refractivity contribution in [3.8, 4) is 0 Å². The average molecular weight is 289 g/mol. The second kappa shape index (κ2) is 4.93. The molecular weight excluding hydrogens is 280 g/mol. The first-order chi connectivity index (χ1) is 10.1. The number of nitrogens with zero attached hydrogens (tertiary/aromatic N) is 3. The Labute approximate surface area is 117 Å². The van der Waals surface area contributed by atoms with Crippen LogP contribution in [0, 0.1) is 11.6 Å². The van der Waals surface area contributed by atoms with Gasteiger partial charge in [0.1, 0.15) is 17.2 Å². The van der Waals surface area contributed by atoms with E-state index in [0.29, 0.717) is 5.52 Å². The van der Waals surface area contributed by atoms with Crippen molar-refractivity contribution in [1.82, 2.24) is 15.0 Å². The molecule has 0 spiro atoms. The maximum atomic E-state index is 13.6. The fraction of sp³-hybridized carbons (Fsp3) is 0.0714. The molecule has 0 bridgehead atoms. The average Bonchev–Trinajstić information content (AvgIpc) is 2.86. The zero-order valence-corrected chi connectivity index (χ0v) is 10.6. The first-order valence-electron chi connectivity index (χ1n) is 6.05. The zero-order valence-electron chi connectivity index (χ0n) is 10.6. The van der Waals surface area contributed by atoms with Crippen molar-refractivity contribution in [3.05, 3.63) is 59.2 Å². The van der Waals surface area contributed by atoms with E-state index in [1.165, 1.54) is 10.7 Å². The van der Waals surface area contributed by atoms with Crippen LogP contribution in [0.5, 0.6) is 0 Å². The van der Waals surface area contributed by atoms with E-state index >= 15 is 0 Å². The molecule has 0 radical (unpaired) electrons. The number of carboxylic acids is 1. The first-order valence-corrected chi connectivity index (χ1v) is 6.05. The van der Waals surface area contributed by atoms with Gasteiger partial charge in [-0.3, -0.25) is 0 Å². The van der Waals surface area contributed by atoms with Gasteiger partial charge in [0, 0.05) is 5.56 Å². The summed E-state index contributed by atoms with van der Waals surface area (Å²) in [5, 5.41) is 16.7. The molecule has 0 saturated heterocycles. The highest BCUT2D eigenvalue weighted by molar-refractivity contribution is 6.00. The summed E-state index contributed by atoms with van der Waals surface area (Å²) >= 11 is 0. The molecule has 3 aromatic rings. The summed E-state index contributed by atoms with van der Waals surface area (Å²) < 4.78 is 28.1. The Hall–Kier alpha value is -2.83. The number of fused-ring (bicyclic) bond motifs is 1. The second-order valence-electron chi connectivity index (χ2n) is 4.46. The molecule has 0 saturated carbocycles. The normalized spacial score (nSPS) is 11.0. The van der Waals surface area contributed by atoms with E-state index < -0.39 is 17.6 Å². The van der Waals surface area contributed by atoms with Crippen LogP contribution in [-0.2, 0) is 6.54 Å². The van der Waals surface area contributed by atoms with Gasteiger partial charge in [-0.1, -0.05) is 11.3 Å². The van der Waals surface area contributed by atoms with E-state index in [4.69, 9.17) is 5.11 Å². The summed E-state index contributed by atoms with van der Waals surface area (Å²) in [6, 6.07) is 7.72. The molecule has 7 heteroatoms. The SMILES string of the molecule is O=C(O)c1cccc2c1nnn2Cc1cc(F)ccc1F. The van der Waals surface area contributed by atoms with E-state index in [0.717, 1.165) is 18.2 Å². The molecule has 106 valence electrons. The van der Waals surface area contributed by atoms with E-state index in [1.807, 2.05) is 0 Å². The molecule has 0 amide bonds. The standard InChI is InChI=1S/C14H9F2N3O2/c15-9-4-5-11(16)8(6-9)7-19-12-3-1-2-10(14(20)21)13(12)17-18-19/h1-6H,7H2,(H,20,21). The summed E-state index contributed by atoms with van der Waals surface area (Å²) in [4.78, 5) is 11.1. The van der Waals surface area contributed by atoms with Crippen molar-refractivity contribution in [3.63, 3.8) is 0 Å². The van der Waals surface area contributed by atoms with E-state index in [-0.39, 0.29) is 23.2 Å². The lowest BCUT2D eigenvalue weighted by atomic mass is 10.1. The van der Waals surface area contributed by atoms with Gasteiger partial charge in [-0.05, 0) is 30.3 Å². The minimum absolute atomic E-state index is 0.0125. The Kier molecular flexibility index (Phi) is 3.09. The van der Waals surface area contributed by atoms with Crippen LogP contribution >= 0.6 is 0 Å². The topological polar surface area (TPSA) is 68.0 Å². The maximum absolute atomic E-state index is 13.6. The van der Waals surface area contributed by atoms with Gasteiger partial charge in [-0.2, -0.15) is 0 Å². The third kappa shape index (κ3) is 2.33. The molecule has 0 aliphatic rings. The number of benzene rings is 2. The van der Waals surface area contributed by atoms with Crippen molar-refractivity contribution in [2.75, 3.05) is 0 Å². The fourth-order valence-corrected chi connectivity index (χ4v) is 2.11. The first kappa shape index (κ1) is 13.2.